The molecule has 1 heterocycles. The molecule has 11 heavy (non-hydrogen) atoms. The normalized spacial score (nSPS) is 25.9. The monoisotopic (exact) mass is 175 g/mol. The zero-order valence-corrected chi connectivity index (χ0v) is 8.45. The van der Waals surface area contributed by atoms with Crippen molar-refractivity contribution < 1.29 is 8.85 Å². The van der Waals surface area contributed by atoms with Crippen molar-refractivity contribution >= 4 is 9.28 Å². The second kappa shape index (κ2) is 4.87. The van der Waals surface area contributed by atoms with Gasteiger partial charge in [-0.15, -0.1) is 0 Å². The SMILES string of the molecule is CO[SiH](OC)C1CCCCN1. The van der Waals surface area contributed by atoms with E-state index in [4.69, 9.17) is 8.85 Å². The Morgan fingerprint density at radius 1 is 1.27 bits per heavy atom. The highest BCUT2D eigenvalue weighted by atomic mass is 28.3. The predicted molar refractivity (Wildman–Crippen MR) is 46.8 cm³/mol. The second-order valence-corrected chi connectivity index (χ2v) is 5.38. The lowest BCUT2D eigenvalue weighted by atomic mass is 10.2. The van der Waals surface area contributed by atoms with Gasteiger partial charge in [0.1, 0.15) is 0 Å². The van der Waals surface area contributed by atoms with Gasteiger partial charge in [-0.3, -0.25) is 0 Å². The Labute approximate surface area is 69.9 Å². The van der Waals surface area contributed by atoms with E-state index in [1.807, 2.05) is 0 Å². The van der Waals surface area contributed by atoms with Gasteiger partial charge in [-0.25, -0.2) is 0 Å². The van der Waals surface area contributed by atoms with Gasteiger partial charge in [-0.05, 0) is 19.4 Å². The van der Waals surface area contributed by atoms with Gasteiger partial charge in [0.15, 0.2) is 0 Å². The van der Waals surface area contributed by atoms with Gasteiger partial charge >= 0.3 is 9.28 Å². The van der Waals surface area contributed by atoms with E-state index in [0.717, 1.165) is 6.54 Å². The summed E-state index contributed by atoms with van der Waals surface area (Å²) >= 11 is 0. The van der Waals surface area contributed by atoms with E-state index in [-0.39, 0.29) is 0 Å². The van der Waals surface area contributed by atoms with Crippen LogP contribution < -0.4 is 5.32 Å². The fraction of sp³-hybridized carbons (Fsp3) is 1.00. The third-order valence-corrected chi connectivity index (χ3v) is 4.30. The molecule has 1 aliphatic rings. The molecule has 0 amide bonds. The van der Waals surface area contributed by atoms with Crippen LogP contribution in [0.4, 0.5) is 0 Å². The third-order valence-electron chi connectivity index (χ3n) is 2.14. The molecule has 0 spiro atoms. The van der Waals surface area contributed by atoms with Gasteiger partial charge in [0, 0.05) is 19.9 Å². The Morgan fingerprint density at radius 2 is 2.00 bits per heavy atom. The van der Waals surface area contributed by atoms with Gasteiger partial charge < -0.3 is 14.2 Å². The summed E-state index contributed by atoms with van der Waals surface area (Å²) in [6.45, 7) is 1.13. The largest absolute Gasteiger partial charge is 0.399 e. The van der Waals surface area contributed by atoms with E-state index < -0.39 is 9.28 Å². The van der Waals surface area contributed by atoms with Crippen molar-refractivity contribution in [1.82, 2.24) is 5.32 Å². The van der Waals surface area contributed by atoms with Crippen LogP contribution in [0.2, 0.25) is 0 Å². The summed E-state index contributed by atoms with van der Waals surface area (Å²) in [7, 11) is 2.11. The van der Waals surface area contributed by atoms with E-state index in [1.54, 1.807) is 14.2 Å². The fourth-order valence-electron chi connectivity index (χ4n) is 1.54. The van der Waals surface area contributed by atoms with Gasteiger partial charge in [0.05, 0.1) is 0 Å². The number of hydrogen-bond acceptors (Lipinski definition) is 3. The molecule has 0 aliphatic carbocycles. The second-order valence-electron chi connectivity index (χ2n) is 2.90. The molecule has 0 aromatic carbocycles. The van der Waals surface area contributed by atoms with Crippen molar-refractivity contribution in [2.45, 2.75) is 24.9 Å². The first-order valence-corrected chi connectivity index (χ1v) is 5.78. The molecule has 0 aromatic rings. The number of hydrogen-bond donors (Lipinski definition) is 1. The average molecular weight is 175 g/mol. The number of piperidine rings is 1. The predicted octanol–water partition coefficient (Wildman–Crippen LogP) is 0.181. The van der Waals surface area contributed by atoms with Crippen molar-refractivity contribution in [3.8, 4) is 0 Å². The summed E-state index contributed by atoms with van der Waals surface area (Å²) in [5.74, 6) is 0. The highest BCUT2D eigenvalue weighted by Crippen LogP contribution is 2.09. The minimum Gasteiger partial charge on any atom is -0.399 e. The summed E-state index contributed by atoms with van der Waals surface area (Å²) in [4.78, 5) is 0. The molecule has 0 radical (unpaired) electrons. The summed E-state index contributed by atoms with van der Waals surface area (Å²) in [5.41, 5.74) is 0.527. The quantitative estimate of drug-likeness (QED) is 0.621. The highest BCUT2D eigenvalue weighted by molar-refractivity contribution is 6.46. The molecule has 1 aliphatic heterocycles. The molecule has 1 fully saturated rings. The molecule has 1 N–H and O–H groups in total. The molecule has 1 atom stereocenters. The minimum absolute atomic E-state index is 0.527. The summed E-state index contributed by atoms with van der Waals surface area (Å²) in [5, 5.41) is 3.43. The molecule has 1 rings (SSSR count). The average Bonchev–Trinajstić information content (AvgIpc) is 2.09. The van der Waals surface area contributed by atoms with Crippen LogP contribution in [0, 0.1) is 0 Å². The Bertz CT molecular complexity index is 103. The Kier molecular flexibility index (Phi) is 4.07. The molecule has 0 aromatic heterocycles. The molecular formula is C7H17NO2Si. The zero-order chi connectivity index (χ0) is 8.10. The lowest BCUT2D eigenvalue weighted by molar-refractivity contribution is 0.248. The van der Waals surface area contributed by atoms with E-state index in [0.29, 0.717) is 5.67 Å². The maximum Gasteiger partial charge on any atom is 0.338 e. The van der Waals surface area contributed by atoms with Gasteiger partial charge in [-0.2, -0.15) is 0 Å². The van der Waals surface area contributed by atoms with Crippen molar-refractivity contribution in [2.75, 3.05) is 20.8 Å². The Balaban J connectivity index is 2.30. The molecule has 66 valence electrons. The van der Waals surface area contributed by atoms with Crippen LogP contribution in [-0.4, -0.2) is 35.7 Å². The Hall–Kier alpha value is 0.0969. The zero-order valence-electron chi connectivity index (χ0n) is 7.30. The van der Waals surface area contributed by atoms with E-state index in [1.165, 1.54) is 19.3 Å². The lowest BCUT2D eigenvalue weighted by Crippen LogP contribution is -2.48. The van der Waals surface area contributed by atoms with Crippen molar-refractivity contribution in [1.29, 1.82) is 0 Å². The minimum atomic E-state index is -1.38. The van der Waals surface area contributed by atoms with E-state index in [9.17, 15) is 0 Å². The first-order valence-electron chi connectivity index (χ1n) is 4.17. The standard InChI is InChI=1S/C7H17NO2Si/c1-9-11(10-2)7-5-3-4-6-8-7/h7-8,11H,3-6H2,1-2H3. The molecule has 3 nitrogen and oxygen atoms in total. The maximum atomic E-state index is 5.29. The molecule has 0 bridgehead atoms. The van der Waals surface area contributed by atoms with Crippen LogP contribution in [0.5, 0.6) is 0 Å². The maximum absolute atomic E-state index is 5.29. The van der Waals surface area contributed by atoms with Crippen molar-refractivity contribution in [2.24, 2.45) is 0 Å². The lowest BCUT2D eigenvalue weighted by Gasteiger charge is -2.27. The topological polar surface area (TPSA) is 30.5 Å². The van der Waals surface area contributed by atoms with Crippen molar-refractivity contribution in [3.63, 3.8) is 0 Å². The first-order chi connectivity index (χ1) is 5.38. The summed E-state index contributed by atoms with van der Waals surface area (Å²) < 4.78 is 10.6. The van der Waals surface area contributed by atoms with Crippen molar-refractivity contribution in [3.05, 3.63) is 0 Å². The molecule has 1 saturated heterocycles. The summed E-state index contributed by atoms with van der Waals surface area (Å²) in [6, 6.07) is 0. The summed E-state index contributed by atoms with van der Waals surface area (Å²) in [6.07, 6.45) is 3.83. The Morgan fingerprint density at radius 3 is 2.45 bits per heavy atom. The molecule has 0 saturated carbocycles. The van der Waals surface area contributed by atoms with Crippen LogP contribution in [0.15, 0.2) is 0 Å². The van der Waals surface area contributed by atoms with Gasteiger partial charge in [0.25, 0.3) is 0 Å². The van der Waals surface area contributed by atoms with Crippen LogP contribution in [0.1, 0.15) is 19.3 Å². The van der Waals surface area contributed by atoms with Gasteiger partial charge in [0.2, 0.25) is 0 Å². The molecular weight excluding hydrogens is 158 g/mol. The smallest absolute Gasteiger partial charge is 0.338 e. The van der Waals surface area contributed by atoms with E-state index >= 15 is 0 Å². The van der Waals surface area contributed by atoms with Crippen LogP contribution in [-0.2, 0) is 8.85 Å². The first kappa shape index (κ1) is 9.19. The number of rotatable bonds is 3. The van der Waals surface area contributed by atoms with Crippen LogP contribution in [0.3, 0.4) is 0 Å². The highest BCUT2D eigenvalue weighted by Gasteiger charge is 2.25. The number of nitrogens with one attached hydrogen (secondary N) is 1. The van der Waals surface area contributed by atoms with Gasteiger partial charge in [-0.1, -0.05) is 6.42 Å². The van der Waals surface area contributed by atoms with Crippen LogP contribution >= 0.6 is 0 Å². The molecule has 1 unspecified atom stereocenters. The molecule has 4 heteroatoms. The third kappa shape index (κ3) is 2.55. The fourth-order valence-corrected chi connectivity index (χ4v) is 3.25. The van der Waals surface area contributed by atoms with Crippen LogP contribution in [0.25, 0.3) is 0 Å². The van der Waals surface area contributed by atoms with E-state index in [2.05, 4.69) is 5.32 Å².